The summed E-state index contributed by atoms with van der Waals surface area (Å²) in [6.45, 7) is 4.25. The Balaban J connectivity index is 1.27. The minimum Gasteiger partial charge on any atom is -0.379 e. The van der Waals surface area contributed by atoms with Gasteiger partial charge in [-0.2, -0.15) is 0 Å². The van der Waals surface area contributed by atoms with Crippen molar-refractivity contribution in [3.05, 3.63) is 41.4 Å². The number of amides is 2. The monoisotopic (exact) mass is 567 g/mol. The minimum atomic E-state index is -0.342. The van der Waals surface area contributed by atoms with E-state index in [0.717, 1.165) is 50.6 Å². The van der Waals surface area contributed by atoms with Gasteiger partial charge in [-0.3, -0.25) is 9.59 Å². The van der Waals surface area contributed by atoms with Gasteiger partial charge < -0.3 is 26.6 Å². The van der Waals surface area contributed by atoms with Gasteiger partial charge in [0.15, 0.2) is 11.3 Å². The fourth-order valence-electron chi connectivity index (χ4n) is 5.14. The van der Waals surface area contributed by atoms with Gasteiger partial charge in [-0.15, -0.1) is 5.10 Å². The molecule has 0 saturated heterocycles. The fourth-order valence-corrected chi connectivity index (χ4v) is 5.32. The summed E-state index contributed by atoms with van der Waals surface area (Å²) in [5.74, 6) is 0.860. The SMILES string of the molecule is CN[C@@H](CC(C)C)C(=O)NC1CCC(Nc2cc(NC3CC3)c3ncc(C(=O)Nc4ccnc(Cl)c4)n3n2)CC1. The topological polar surface area (TPSA) is 137 Å². The van der Waals surface area contributed by atoms with Gasteiger partial charge in [0.25, 0.3) is 5.91 Å². The Morgan fingerprint density at radius 2 is 1.73 bits per heavy atom. The lowest BCUT2D eigenvalue weighted by atomic mass is 9.90. The van der Waals surface area contributed by atoms with Crippen molar-refractivity contribution in [1.29, 1.82) is 0 Å². The van der Waals surface area contributed by atoms with Crippen molar-refractivity contribution in [3.8, 4) is 0 Å². The highest BCUT2D eigenvalue weighted by atomic mass is 35.5. The molecule has 0 aliphatic heterocycles. The second-order valence-corrected chi connectivity index (χ2v) is 11.6. The first-order valence-electron chi connectivity index (χ1n) is 14.1. The molecular weight excluding hydrogens is 530 g/mol. The van der Waals surface area contributed by atoms with Crippen molar-refractivity contribution < 1.29 is 9.59 Å². The Kier molecular flexibility index (Phi) is 8.70. The van der Waals surface area contributed by atoms with Crippen LogP contribution in [0, 0.1) is 5.92 Å². The zero-order valence-electron chi connectivity index (χ0n) is 23.2. The average molecular weight is 568 g/mol. The summed E-state index contributed by atoms with van der Waals surface area (Å²) in [6, 6.07) is 5.86. The van der Waals surface area contributed by atoms with Crippen molar-refractivity contribution in [2.75, 3.05) is 23.0 Å². The maximum absolute atomic E-state index is 13.1. The molecule has 3 heterocycles. The largest absolute Gasteiger partial charge is 0.379 e. The summed E-state index contributed by atoms with van der Waals surface area (Å²) < 4.78 is 1.59. The molecule has 11 nitrogen and oxygen atoms in total. The van der Waals surface area contributed by atoms with E-state index in [2.05, 4.69) is 50.4 Å². The second-order valence-electron chi connectivity index (χ2n) is 11.2. The average Bonchev–Trinajstić information content (AvgIpc) is 3.63. The Labute approximate surface area is 239 Å². The molecule has 3 aromatic rings. The van der Waals surface area contributed by atoms with Crippen LogP contribution in [0.4, 0.5) is 17.2 Å². The van der Waals surface area contributed by atoms with Crippen molar-refractivity contribution in [2.45, 2.75) is 83.0 Å². The van der Waals surface area contributed by atoms with Crippen molar-refractivity contribution in [3.63, 3.8) is 0 Å². The highest BCUT2D eigenvalue weighted by molar-refractivity contribution is 6.29. The number of anilines is 3. The van der Waals surface area contributed by atoms with E-state index in [4.69, 9.17) is 16.7 Å². The molecule has 1 atom stereocenters. The molecular formula is C28H38ClN9O2. The second kappa shape index (κ2) is 12.4. The highest BCUT2D eigenvalue weighted by Gasteiger charge is 2.27. The molecule has 214 valence electrons. The number of pyridine rings is 1. The summed E-state index contributed by atoms with van der Waals surface area (Å²) in [4.78, 5) is 34.4. The minimum absolute atomic E-state index is 0.0791. The number of rotatable bonds is 11. The molecule has 12 heteroatoms. The van der Waals surface area contributed by atoms with Gasteiger partial charge in [0.05, 0.1) is 17.9 Å². The van der Waals surface area contributed by atoms with Crippen LogP contribution in [0.15, 0.2) is 30.6 Å². The van der Waals surface area contributed by atoms with E-state index in [1.165, 1.54) is 12.4 Å². The Bertz CT molecular complexity index is 1350. The smallest absolute Gasteiger partial charge is 0.276 e. The van der Waals surface area contributed by atoms with Gasteiger partial charge in [0, 0.05) is 36.1 Å². The zero-order chi connectivity index (χ0) is 28.2. The van der Waals surface area contributed by atoms with E-state index in [1.807, 2.05) is 13.1 Å². The van der Waals surface area contributed by atoms with Crippen LogP contribution in [-0.4, -0.2) is 62.6 Å². The van der Waals surface area contributed by atoms with Gasteiger partial charge in [-0.25, -0.2) is 14.5 Å². The molecule has 2 saturated carbocycles. The van der Waals surface area contributed by atoms with Crippen LogP contribution in [0.25, 0.3) is 5.65 Å². The standard InChI is InChI=1S/C28H38ClN9O2/c1-16(2)12-22(30-3)27(39)35-19-8-6-18(7-9-19)34-25-14-21(33-17-4-5-17)26-32-15-23(38(26)37-25)28(40)36-20-10-11-31-24(29)13-20/h10-11,13-19,22,30,33H,4-9,12H2,1-3H3,(H,34,37)(H,35,39)(H,31,36,40)/t18?,19?,22-/m0/s1. The Morgan fingerprint density at radius 1 is 1.02 bits per heavy atom. The number of fused-ring (bicyclic) bond motifs is 1. The zero-order valence-corrected chi connectivity index (χ0v) is 24.0. The number of aromatic nitrogens is 4. The number of imidazole rings is 1. The number of halogens is 1. The number of likely N-dealkylation sites (N-methyl/N-ethyl adjacent to an activating group) is 1. The van der Waals surface area contributed by atoms with Crippen LogP contribution >= 0.6 is 11.6 Å². The number of hydrogen-bond acceptors (Lipinski definition) is 8. The predicted octanol–water partition coefficient (Wildman–Crippen LogP) is 4.08. The summed E-state index contributed by atoms with van der Waals surface area (Å²) in [6.07, 6.45) is 9.70. The number of hydrogen-bond donors (Lipinski definition) is 5. The number of carbonyl (C=O) groups excluding carboxylic acids is 2. The summed E-state index contributed by atoms with van der Waals surface area (Å²) in [5.41, 5.74) is 2.30. The third kappa shape index (κ3) is 7.00. The quantitative estimate of drug-likeness (QED) is 0.219. The summed E-state index contributed by atoms with van der Waals surface area (Å²) in [5, 5.41) is 21.4. The molecule has 5 N–H and O–H groups in total. The summed E-state index contributed by atoms with van der Waals surface area (Å²) in [7, 11) is 1.84. The molecule has 0 aromatic carbocycles. The van der Waals surface area contributed by atoms with Crippen molar-refractivity contribution >= 4 is 46.3 Å². The molecule has 2 fully saturated rings. The Morgan fingerprint density at radius 3 is 2.40 bits per heavy atom. The van der Waals surface area contributed by atoms with E-state index >= 15 is 0 Å². The highest BCUT2D eigenvalue weighted by Crippen LogP contribution is 2.30. The first-order valence-corrected chi connectivity index (χ1v) is 14.5. The number of nitrogens with one attached hydrogen (secondary N) is 5. The van der Waals surface area contributed by atoms with Gasteiger partial charge in [-0.1, -0.05) is 25.4 Å². The molecule has 0 unspecified atom stereocenters. The van der Waals surface area contributed by atoms with E-state index < -0.39 is 0 Å². The maximum atomic E-state index is 13.1. The van der Waals surface area contributed by atoms with Crippen LogP contribution in [-0.2, 0) is 4.79 Å². The third-order valence-electron chi connectivity index (χ3n) is 7.42. The first kappa shape index (κ1) is 28.1. The van der Waals surface area contributed by atoms with Crippen LogP contribution in [0.1, 0.15) is 69.3 Å². The normalized spacial score (nSPS) is 19.8. The molecule has 5 rings (SSSR count). The van der Waals surface area contributed by atoms with E-state index in [0.29, 0.717) is 40.0 Å². The van der Waals surface area contributed by atoms with Crippen molar-refractivity contribution in [2.24, 2.45) is 5.92 Å². The molecule has 40 heavy (non-hydrogen) atoms. The van der Waals surface area contributed by atoms with E-state index in [1.54, 1.807) is 16.6 Å². The van der Waals surface area contributed by atoms with Gasteiger partial charge >= 0.3 is 0 Å². The van der Waals surface area contributed by atoms with Crippen LogP contribution < -0.4 is 26.6 Å². The van der Waals surface area contributed by atoms with Gasteiger partial charge in [0.1, 0.15) is 11.0 Å². The fraction of sp³-hybridized carbons (Fsp3) is 0.536. The molecule has 0 bridgehead atoms. The van der Waals surface area contributed by atoms with E-state index in [-0.39, 0.29) is 29.9 Å². The molecule has 0 spiro atoms. The lowest BCUT2D eigenvalue weighted by Gasteiger charge is -2.31. The maximum Gasteiger partial charge on any atom is 0.276 e. The molecule has 2 aliphatic rings. The summed E-state index contributed by atoms with van der Waals surface area (Å²) >= 11 is 5.98. The van der Waals surface area contributed by atoms with Gasteiger partial charge in [-0.05, 0) is 70.0 Å². The van der Waals surface area contributed by atoms with Crippen molar-refractivity contribution in [1.82, 2.24) is 30.2 Å². The third-order valence-corrected chi connectivity index (χ3v) is 7.63. The van der Waals surface area contributed by atoms with Crippen LogP contribution in [0.5, 0.6) is 0 Å². The molecule has 2 aliphatic carbocycles. The lowest BCUT2D eigenvalue weighted by Crippen LogP contribution is -2.48. The molecule has 0 radical (unpaired) electrons. The predicted molar refractivity (Wildman–Crippen MR) is 157 cm³/mol. The lowest BCUT2D eigenvalue weighted by molar-refractivity contribution is -0.124. The van der Waals surface area contributed by atoms with Crippen LogP contribution in [0.2, 0.25) is 5.15 Å². The molecule has 2 amide bonds. The van der Waals surface area contributed by atoms with Crippen LogP contribution in [0.3, 0.4) is 0 Å². The molecule has 3 aromatic heterocycles. The number of carbonyl (C=O) groups is 2. The van der Waals surface area contributed by atoms with E-state index in [9.17, 15) is 9.59 Å². The number of nitrogens with zero attached hydrogens (tertiary/aromatic N) is 4. The first-order chi connectivity index (χ1) is 19.3. The van der Waals surface area contributed by atoms with Gasteiger partial charge in [0.2, 0.25) is 5.91 Å². The Hall–Kier alpha value is -3.44.